The van der Waals surface area contributed by atoms with Crippen LogP contribution in [-0.2, 0) is 11.2 Å². The fourth-order valence-electron chi connectivity index (χ4n) is 3.29. The minimum absolute atomic E-state index is 0.490. The average molecular weight is 351 g/mol. The average Bonchev–Trinajstić information content (AvgIpc) is 2.94. The lowest BCUT2D eigenvalue weighted by atomic mass is 10.1. The van der Waals surface area contributed by atoms with Gasteiger partial charge in [-0.25, -0.2) is 0 Å². The minimum Gasteiger partial charge on any atom is -0.385 e. The van der Waals surface area contributed by atoms with Crippen molar-refractivity contribution in [1.29, 1.82) is 0 Å². The molecular weight excluding hydrogens is 318 g/mol. The second-order valence-electron chi connectivity index (χ2n) is 6.66. The molecule has 0 saturated carbocycles. The monoisotopic (exact) mass is 351 g/mol. The summed E-state index contributed by atoms with van der Waals surface area (Å²) in [5.74, 6) is 1.78. The number of nitrogens with one attached hydrogen (secondary N) is 2. The van der Waals surface area contributed by atoms with Gasteiger partial charge in [0.2, 0.25) is 0 Å². The Kier molecular flexibility index (Phi) is 8.21. The topological polar surface area (TPSA) is 74.9 Å². The smallest absolute Gasteiger partial charge is 0.191 e. The molecule has 0 unspecified atom stereocenters. The summed E-state index contributed by atoms with van der Waals surface area (Å²) in [5, 5.41) is 11.0. The van der Waals surface area contributed by atoms with E-state index in [0.29, 0.717) is 6.04 Å². The molecular formula is C18H33N5O2. The predicted molar refractivity (Wildman–Crippen MR) is 100 cm³/mol. The Balaban J connectivity index is 1.67. The molecule has 1 aliphatic rings. The minimum atomic E-state index is 0.490. The molecule has 25 heavy (non-hydrogen) atoms. The number of methoxy groups -OCH3 is 1. The van der Waals surface area contributed by atoms with Crippen molar-refractivity contribution in [3.05, 3.63) is 17.0 Å². The van der Waals surface area contributed by atoms with Gasteiger partial charge in [0.15, 0.2) is 5.96 Å². The van der Waals surface area contributed by atoms with Crippen LogP contribution >= 0.6 is 0 Å². The molecule has 7 heteroatoms. The summed E-state index contributed by atoms with van der Waals surface area (Å²) in [6.07, 6.45) is 4.30. The summed E-state index contributed by atoms with van der Waals surface area (Å²) >= 11 is 0. The lowest BCUT2D eigenvalue weighted by Gasteiger charge is -2.33. The van der Waals surface area contributed by atoms with Crippen LogP contribution in [0.4, 0.5) is 0 Å². The van der Waals surface area contributed by atoms with Gasteiger partial charge in [0, 0.05) is 58.5 Å². The van der Waals surface area contributed by atoms with Crippen molar-refractivity contribution < 1.29 is 9.26 Å². The molecule has 0 aliphatic carbocycles. The molecule has 2 heterocycles. The lowest BCUT2D eigenvalue weighted by Crippen LogP contribution is -2.49. The van der Waals surface area contributed by atoms with Gasteiger partial charge in [0.1, 0.15) is 5.76 Å². The molecule has 0 radical (unpaired) electrons. The van der Waals surface area contributed by atoms with Gasteiger partial charge in [0.25, 0.3) is 0 Å². The Morgan fingerprint density at radius 3 is 2.72 bits per heavy atom. The van der Waals surface area contributed by atoms with Crippen molar-refractivity contribution in [1.82, 2.24) is 20.7 Å². The van der Waals surface area contributed by atoms with Crippen molar-refractivity contribution in [3.8, 4) is 0 Å². The first-order valence-electron chi connectivity index (χ1n) is 9.24. The first-order chi connectivity index (χ1) is 12.1. The molecule has 0 aromatic carbocycles. The van der Waals surface area contributed by atoms with Crippen LogP contribution in [0.2, 0.25) is 0 Å². The number of rotatable bonds is 8. The molecule has 2 rings (SSSR count). The molecule has 7 nitrogen and oxygen atoms in total. The summed E-state index contributed by atoms with van der Waals surface area (Å²) in [5.41, 5.74) is 2.16. The number of guanidine groups is 1. The molecule has 1 aromatic heterocycles. The van der Waals surface area contributed by atoms with Crippen molar-refractivity contribution >= 4 is 5.96 Å². The zero-order valence-electron chi connectivity index (χ0n) is 16.1. The maximum Gasteiger partial charge on any atom is 0.191 e. The highest BCUT2D eigenvalue weighted by Gasteiger charge is 2.19. The van der Waals surface area contributed by atoms with Gasteiger partial charge >= 0.3 is 0 Å². The van der Waals surface area contributed by atoms with E-state index in [4.69, 9.17) is 9.26 Å². The maximum absolute atomic E-state index is 5.21. The third kappa shape index (κ3) is 6.32. The molecule has 0 atom stereocenters. The second-order valence-corrected chi connectivity index (χ2v) is 6.66. The van der Waals surface area contributed by atoms with Crippen LogP contribution < -0.4 is 10.6 Å². The lowest BCUT2D eigenvalue weighted by molar-refractivity contribution is 0.155. The molecule has 1 fully saturated rings. The fraction of sp³-hybridized carbons (Fsp3) is 0.778. The Hall–Kier alpha value is -1.60. The van der Waals surface area contributed by atoms with Gasteiger partial charge < -0.3 is 24.8 Å². The third-order valence-corrected chi connectivity index (χ3v) is 4.82. The van der Waals surface area contributed by atoms with E-state index in [0.717, 1.165) is 75.9 Å². The van der Waals surface area contributed by atoms with Gasteiger partial charge in [-0.3, -0.25) is 4.99 Å². The standard InChI is InChI=1S/C18H33N5O2/c1-14-17(15(2)25-22-14)6-9-20-18(19-3)21-16-7-11-23(12-8-16)10-5-13-24-4/h16H,5-13H2,1-4H3,(H2,19,20,21). The summed E-state index contributed by atoms with van der Waals surface area (Å²) in [4.78, 5) is 6.87. The Bertz CT molecular complexity index is 516. The number of hydrogen-bond acceptors (Lipinski definition) is 5. The van der Waals surface area contributed by atoms with E-state index in [1.165, 1.54) is 5.56 Å². The molecule has 1 aliphatic heterocycles. The van der Waals surface area contributed by atoms with E-state index < -0.39 is 0 Å². The van der Waals surface area contributed by atoms with Gasteiger partial charge in [-0.15, -0.1) is 0 Å². The summed E-state index contributed by atoms with van der Waals surface area (Å²) in [6.45, 7) is 9.01. The number of nitrogens with zero attached hydrogens (tertiary/aromatic N) is 3. The zero-order valence-corrected chi connectivity index (χ0v) is 16.1. The van der Waals surface area contributed by atoms with Crippen LogP contribution in [0.15, 0.2) is 9.52 Å². The Labute approximate surface area is 151 Å². The highest BCUT2D eigenvalue weighted by molar-refractivity contribution is 5.79. The summed E-state index contributed by atoms with van der Waals surface area (Å²) in [6, 6.07) is 0.490. The van der Waals surface area contributed by atoms with E-state index in [-0.39, 0.29) is 0 Å². The van der Waals surface area contributed by atoms with E-state index in [9.17, 15) is 0 Å². The van der Waals surface area contributed by atoms with Crippen molar-refractivity contribution in [2.45, 2.75) is 45.6 Å². The molecule has 2 N–H and O–H groups in total. The third-order valence-electron chi connectivity index (χ3n) is 4.82. The number of hydrogen-bond donors (Lipinski definition) is 2. The van der Waals surface area contributed by atoms with Gasteiger partial charge in [0.05, 0.1) is 5.69 Å². The number of aromatic nitrogens is 1. The van der Waals surface area contributed by atoms with Gasteiger partial charge in [-0.1, -0.05) is 5.16 Å². The van der Waals surface area contributed by atoms with Crippen LogP contribution in [-0.4, -0.2) is 69.0 Å². The van der Waals surface area contributed by atoms with E-state index >= 15 is 0 Å². The van der Waals surface area contributed by atoms with Crippen LogP contribution in [0, 0.1) is 13.8 Å². The van der Waals surface area contributed by atoms with Crippen LogP contribution in [0.3, 0.4) is 0 Å². The Morgan fingerprint density at radius 1 is 1.36 bits per heavy atom. The summed E-state index contributed by atoms with van der Waals surface area (Å²) in [7, 11) is 3.59. The first kappa shape index (κ1) is 19.7. The zero-order chi connectivity index (χ0) is 18.1. The van der Waals surface area contributed by atoms with Gasteiger partial charge in [-0.05, 0) is 39.5 Å². The number of aryl methyl sites for hydroxylation is 2. The molecule has 142 valence electrons. The highest BCUT2D eigenvalue weighted by Crippen LogP contribution is 2.12. The second kappa shape index (κ2) is 10.4. The van der Waals surface area contributed by atoms with Crippen LogP contribution in [0.1, 0.15) is 36.3 Å². The number of likely N-dealkylation sites (tertiary alicyclic amines) is 1. The van der Waals surface area contributed by atoms with E-state index in [1.807, 2.05) is 20.9 Å². The largest absolute Gasteiger partial charge is 0.385 e. The van der Waals surface area contributed by atoms with Crippen LogP contribution in [0.25, 0.3) is 0 Å². The van der Waals surface area contributed by atoms with Crippen molar-refractivity contribution in [3.63, 3.8) is 0 Å². The Morgan fingerprint density at radius 2 is 2.12 bits per heavy atom. The fourth-order valence-corrected chi connectivity index (χ4v) is 3.29. The molecule has 0 amide bonds. The quantitative estimate of drug-likeness (QED) is 0.420. The first-order valence-corrected chi connectivity index (χ1v) is 9.24. The summed E-state index contributed by atoms with van der Waals surface area (Å²) < 4.78 is 10.3. The number of piperidine rings is 1. The normalized spacial score (nSPS) is 17.0. The molecule has 0 bridgehead atoms. The molecule has 0 spiro atoms. The molecule has 1 saturated heterocycles. The highest BCUT2D eigenvalue weighted by atomic mass is 16.5. The number of aliphatic imine (C=N–C) groups is 1. The van der Waals surface area contributed by atoms with E-state index in [2.05, 4.69) is 25.7 Å². The van der Waals surface area contributed by atoms with E-state index in [1.54, 1.807) is 7.11 Å². The molecule has 1 aromatic rings. The van der Waals surface area contributed by atoms with Gasteiger partial charge in [-0.2, -0.15) is 0 Å². The number of ether oxygens (including phenoxy) is 1. The van der Waals surface area contributed by atoms with Crippen molar-refractivity contribution in [2.24, 2.45) is 4.99 Å². The van der Waals surface area contributed by atoms with Crippen molar-refractivity contribution in [2.75, 3.05) is 46.9 Å². The SMILES string of the molecule is CN=C(NCCc1c(C)noc1C)NC1CCN(CCCOC)CC1. The predicted octanol–water partition coefficient (Wildman–Crippen LogP) is 1.50. The van der Waals surface area contributed by atoms with Crippen LogP contribution in [0.5, 0.6) is 0 Å². The maximum atomic E-state index is 5.21.